The Morgan fingerprint density at radius 2 is 1.70 bits per heavy atom. The summed E-state index contributed by atoms with van der Waals surface area (Å²) in [6.07, 6.45) is 4.65. The summed E-state index contributed by atoms with van der Waals surface area (Å²) >= 11 is 0. The predicted octanol–water partition coefficient (Wildman–Crippen LogP) is 1.54. The summed E-state index contributed by atoms with van der Waals surface area (Å²) in [6.45, 7) is 0. The summed E-state index contributed by atoms with van der Waals surface area (Å²) in [6, 6.07) is 4.94. The van der Waals surface area contributed by atoms with Crippen molar-refractivity contribution >= 4 is 11.8 Å². The highest BCUT2D eigenvalue weighted by Gasteiger charge is 2.55. The summed E-state index contributed by atoms with van der Waals surface area (Å²) in [4.78, 5) is 23.4. The van der Waals surface area contributed by atoms with E-state index in [1.165, 1.54) is 0 Å². The Hall–Kier alpha value is -1.88. The van der Waals surface area contributed by atoms with Crippen molar-refractivity contribution in [2.75, 3.05) is 0 Å². The molecule has 0 heterocycles. The van der Waals surface area contributed by atoms with Gasteiger partial charge >= 0.3 is 0 Å². The molecule has 5 nitrogen and oxygen atoms in total. The second-order valence-corrected chi connectivity index (χ2v) is 7.75. The van der Waals surface area contributed by atoms with Crippen molar-refractivity contribution < 1.29 is 14.7 Å². The zero-order valence-corrected chi connectivity index (χ0v) is 13.0. The van der Waals surface area contributed by atoms with Crippen LogP contribution in [0, 0.1) is 17.8 Å². The maximum atomic E-state index is 11.9. The lowest BCUT2D eigenvalue weighted by Gasteiger charge is -2.58. The number of carbonyl (C=O) groups excluding carboxylic acids is 2. The minimum Gasteiger partial charge on any atom is -0.390 e. The number of rotatable bonds is 3. The molecule has 0 aliphatic heterocycles. The van der Waals surface area contributed by atoms with Crippen LogP contribution in [0.25, 0.3) is 0 Å². The van der Waals surface area contributed by atoms with Crippen molar-refractivity contribution in [2.24, 2.45) is 29.2 Å². The van der Waals surface area contributed by atoms with Gasteiger partial charge in [0.2, 0.25) is 11.8 Å². The van der Waals surface area contributed by atoms with Crippen LogP contribution in [0.1, 0.15) is 64.3 Å². The van der Waals surface area contributed by atoms with Gasteiger partial charge in [-0.1, -0.05) is 0 Å². The van der Waals surface area contributed by atoms with E-state index in [4.69, 9.17) is 11.5 Å². The number of amides is 2. The van der Waals surface area contributed by atoms with Crippen LogP contribution < -0.4 is 11.5 Å². The Bertz CT molecular complexity index is 684. The highest BCUT2D eigenvalue weighted by atomic mass is 16.3. The number of carbonyl (C=O) groups is 2. The van der Waals surface area contributed by atoms with Crippen LogP contribution in [0.5, 0.6) is 0 Å². The lowest BCUT2D eigenvalue weighted by atomic mass is 9.49. The number of hydrogen-bond acceptors (Lipinski definition) is 3. The van der Waals surface area contributed by atoms with Gasteiger partial charge in [0.25, 0.3) is 0 Å². The lowest BCUT2D eigenvalue weighted by molar-refractivity contribution is -0.134. The molecule has 1 aromatic rings. The quantitative estimate of drug-likeness (QED) is 0.787. The fraction of sp³-hybridized carbons (Fsp3) is 0.556. The van der Waals surface area contributed by atoms with Crippen LogP contribution in [-0.4, -0.2) is 22.5 Å². The van der Waals surface area contributed by atoms with E-state index in [0.717, 1.165) is 37.7 Å². The topological polar surface area (TPSA) is 106 Å². The molecule has 5 N–H and O–H groups in total. The summed E-state index contributed by atoms with van der Waals surface area (Å²) in [5, 5.41) is 10.7. The largest absolute Gasteiger partial charge is 0.390 e. The van der Waals surface area contributed by atoms with Gasteiger partial charge < -0.3 is 16.6 Å². The minimum absolute atomic E-state index is 0.189. The van der Waals surface area contributed by atoms with Crippen molar-refractivity contribution in [1.82, 2.24) is 0 Å². The van der Waals surface area contributed by atoms with Gasteiger partial charge in [0.1, 0.15) is 0 Å². The van der Waals surface area contributed by atoms with E-state index < -0.39 is 17.4 Å². The van der Waals surface area contributed by atoms with Gasteiger partial charge in [0.15, 0.2) is 0 Å². The van der Waals surface area contributed by atoms with E-state index in [1.54, 1.807) is 18.2 Å². The number of aliphatic hydroxyl groups is 1. The smallest absolute Gasteiger partial charge is 0.248 e. The van der Waals surface area contributed by atoms with E-state index in [-0.39, 0.29) is 5.92 Å². The molecule has 4 fully saturated rings. The number of benzene rings is 1. The maximum absolute atomic E-state index is 11.9. The van der Waals surface area contributed by atoms with E-state index in [9.17, 15) is 14.7 Å². The molecule has 122 valence electrons. The first-order valence-corrected chi connectivity index (χ1v) is 8.32. The number of hydrogen-bond donors (Lipinski definition) is 3. The second kappa shape index (κ2) is 4.81. The van der Waals surface area contributed by atoms with Gasteiger partial charge in [-0.3, -0.25) is 9.59 Å². The first-order valence-electron chi connectivity index (χ1n) is 8.32. The standard InChI is InChI=1S/C18H22N2O3/c19-16(21)10-1-2-13(17(20)22)14(5-10)15-11-3-9-4-12(15)8-18(23,6-9)7-11/h1-2,5,9,11-12,15,23H,3-4,6-8H2,(H2,19,21)(H2,20,22)/t9?,11-,12-,15?,18?/m1/s1. The summed E-state index contributed by atoms with van der Waals surface area (Å²) in [5.74, 6) is 0.520. The Morgan fingerprint density at radius 3 is 2.22 bits per heavy atom. The Morgan fingerprint density at radius 1 is 1.04 bits per heavy atom. The van der Waals surface area contributed by atoms with E-state index in [1.807, 2.05) is 0 Å². The zero-order valence-electron chi connectivity index (χ0n) is 13.0. The Kier molecular flexibility index (Phi) is 3.07. The molecule has 0 unspecified atom stereocenters. The molecule has 4 saturated carbocycles. The fourth-order valence-corrected chi connectivity index (χ4v) is 5.71. The van der Waals surface area contributed by atoms with Gasteiger partial charge in [0, 0.05) is 11.1 Å². The van der Waals surface area contributed by atoms with Gasteiger partial charge in [-0.15, -0.1) is 0 Å². The number of nitrogens with two attached hydrogens (primary N) is 2. The van der Waals surface area contributed by atoms with Crippen LogP contribution in [-0.2, 0) is 0 Å². The molecule has 2 amide bonds. The monoisotopic (exact) mass is 314 g/mol. The van der Waals surface area contributed by atoms with Gasteiger partial charge in [0.05, 0.1) is 5.60 Å². The molecule has 5 rings (SSSR count). The van der Waals surface area contributed by atoms with E-state index >= 15 is 0 Å². The SMILES string of the molecule is NC(=O)c1ccc(C(N)=O)c(C2[C@@H]3CC4C[C@@H]2CC(O)(C4)C3)c1. The molecule has 4 aliphatic carbocycles. The number of primary amides is 2. The van der Waals surface area contributed by atoms with Crippen molar-refractivity contribution in [3.05, 3.63) is 34.9 Å². The van der Waals surface area contributed by atoms with Crippen LogP contribution in [0.2, 0.25) is 0 Å². The van der Waals surface area contributed by atoms with Gasteiger partial charge in [-0.05, 0) is 79.5 Å². The third-order valence-corrected chi connectivity index (χ3v) is 6.20. The molecular weight excluding hydrogens is 292 g/mol. The second-order valence-electron chi connectivity index (χ2n) is 7.75. The first kappa shape index (κ1) is 14.7. The average Bonchev–Trinajstić information content (AvgIpc) is 2.44. The van der Waals surface area contributed by atoms with Crippen molar-refractivity contribution in [1.29, 1.82) is 0 Å². The third-order valence-electron chi connectivity index (χ3n) is 6.20. The lowest BCUT2D eigenvalue weighted by Crippen LogP contribution is -2.53. The normalized spacial score (nSPS) is 37.8. The van der Waals surface area contributed by atoms with Crippen molar-refractivity contribution in [3.8, 4) is 0 Å². The molecule has 0 radical (unpaired) electrons. The molecule has 2 atom stereocenters. The fourth-order valence-electron chi connectivity index (χ4n) is 5.71. The van der Waals surface area contributed by atoms with Crippen molar-refractivity contribution in [3.63, 3.8) is 0 Å². The van der Waals surface area contributed by atoms with Crippen LogP contribution >= 0.6 is 0 Å². The minimum atomic E-state index is -0.527. The summed E-state index contributed by atoms with van der Waals surface area (Å²) < 4.78 is 0. The molecule has 4 bridgehead atoms. The molecule has 5 heteroatoms. The van der Waals surface area contributed by atoms with Crippen LogP contribution in [0.4, 0.5) is 0 Å². The molecule has 0 aromatic heterocycles. The Balaban J connectivity index is 1.79. The van der Waals surface area contributed by atoms with Gasteiger partial charge in [-0.2, -0.15) is 0 Å². The predicted molar refractivity (Wildman–Crippen MR) is 84.7 cm³/mol. The highest BCUT2D eigenvalue weighted by molar-refractivity contribution is 5.98. The van der Waals surface area contributed by atoms with Crippen LogP contribution in [0.15, 0.2) is 18.2 Å². The van der Waals surface area contributed by atoms with Gasteiger partial charge in [-0.25, -0.2) is 0 Å². The molecule has 0 saturated heterocycles. The summed E-state index contributed by atoms with van der Waals surface area (Å²) in [5.41, 5.74) is 12.2. The van der Waals surface area contributed by atoms with E-state index in [2.05, 4.69) is 0 Å². The molecular formula is C18H22N2O3. The molecule has 1 aromatic carbocycles. The third kappa shape index (κ3) is 2.26. The first-order chi connectivity index (χ1) is 10.9. The van der Waals surface area contributed by atoms with Crippen molar-refractivity contribution in [2.45, 2.75) is 43.6 Å². The van der Waals surface area contributed by atoms with E-state index in [0.29, 0.717) is 28.9 Å². The highest BCUT2D eigenvalue weighted by Crippen LogP contribution is 2.61. The average molecular weight is 314 g/mol. The maximum Gasteiger partial charge on any atom is 0.248 e. The summed E-state index contributed by atoms with van der Waals surface area (Å²) in [7, 11) is 0. The zero-order chi connectivity index (χ0) is 16.4. The molecule has 0 spiro atoms. The molecule has 23 heavy (non-hydrogen) atoms. The molecule has 4 aliphatic rings. The van der Waals surface area contributed by atoms with Crippen LogP contribution in [0.3, 0.4) is 0 Å². The Labute approximate surface area is 135 Å².